The van der Waals surface area contributed by atoms with Crippen LogP contribution in [0, 0.1) is 23.7 Å². The summed E-state index contributed by atoms with van der Waals surface area (Å²) in [4.78, 5) is 72.1. The Labute approximate surface area is 338 Å². The first-order valence-corrected chi connectivity index (χ1v) is 19.1. The lowest BCUT2D eigenvalue weighted by molar-refractivity contribution is -0.138. The van der Waals surface area contributed by atoms with Gasteiger partial charge in [-0.25, -0.2) is 4.79 Å². The predicted octanol–water partition coefficient (Wildman–Crippen LogP) is 7.37. The van der Waals surface area contributed by atoms with Crippen molar-refractivity contribution in [2.75, 3.05) is 24.5 Å². The van der Waals surface area contributed by atoms with Crippen molar-refractivity contribution in [2.24, 2.45) is 23.7 Å². The smallest absolute Gasteiger partial charge is 0.335 e. The second-order valence-corrected chi connectivity index (χ2v) is 15.9. The minimum atomic E-state index is -1.73. The number of amides is 4. The number of allylic oxidation sites excluding steroid dienone is 2. The maximum absolute atomic E-state index is 15.5. The van der Waals surface area contributed by atoms with E-state index in [-0.39, 0.29) is 51.9 Å². The van der Waals surface area contributed by atoms with E-state index in [2.05, 4.69) is 21.4 Å². The minimum absolute atomic E-state index is 0.0272. The molecular formula is C41H32BrCl2N3O9. The number of methoxy groups -OCH3 is 2. The van der Waals surface area contributed by atoms with Crippen molar-refractivity contribution in [1.29, 1.82) is 0 Å². The van der Waals surface area contributed by atoms with Gasteiger partial charge in [0.2, 0.25) is 11.8 Å². The van der Waals surface area contributed by atoms with Crippen LogP contribution >= 0.6 is 39.1 Å². The molecule has 6 atom stereocenters. The number of imide groups is 2. The summed E-state index contributed by atoms with van der Waals surface area (Å²) in [5, 5.41) is 23.0. The van der Waals surface area contributed by atoms with Gasteiger partial charge in [0.25, 0.3) is 11.8 Å². The summed E-state index contributed by atoms with van der Waals surface area (Å²) in [5.74, 6) is -8.00. The number of aromatic carboxylic acids is 1. The molecule has 3 N–H and O–H groups in total. The molecule has 15 heteroatoms. The van der Waals surface area contributed by atoms with Gasteiger partial charge in [0.05, 0.1) is 59.3 Å². The molecule has 2 aliphatic heterocycles. The highest BCUT2D eigenvalue weighted by atomic mass is 79.9. The number of ether oxygens (including phenoxy) is 2. The molecule has 12 nitrogen and oxygen atoms in total. The maximum atomic E-state index is 15.5. The monoisotopic (exact) mass is 859 g/mol. The molecule has 4 aromatic rings. The highest BCUT2D eigenvalue weighted by Gasteiger charge is 2.71. The van der Waals surface area contributed by atoms with Crippen molar-refractivity contribution in [2.45, 2.75) is 24.2 Å². The van der Waals surface area contributed by atoms with Gasteiger partial charge in [-0.05, 0) is 85.0 Å². The van der Waals surface area contributed by atoms with Crippen LogP contribution in [-0.4, -0.2) is 59.0 Å². The first-order valence-electron chi connectivity index (χ1n) is 17.5. The second kappa shape index (κ2) is 14.0. The zero-order valence-electron chi connectivity index (χ0n) is 29.7. The average molecular weight is 862 g/mol. The zero-order valence-corrected chi connectivity index (χ0v) is 32.8. The lowest BCUT2D eigenvalue weighted by Gasteiger charge is -2.50. The highest BCUT2D eigenvalue weighted by Crippen LogP contribution is 2.65. The lowest BCUT2D eigenvalue weighted by atomic mass is 9.49. The Balaban J connectivity index is 1.35. The number of nitrogens with one attached hydrogen (secondary N) is 1. The van der Waals surface area contributed by atoms with Gasteiger partial charge in [0.1, 0.15) is 5.75 Å². The van der Waals surface area contributed by atoms with Crippen LogP contribution in [0.2, 0.25) is 10.0 Å². The zero-order chi connectivity index (χ0) is 39.8. The van der Waals surface area contributed by atoms with E-state index < -0.39 is 64.6 Å². The van der Waals surface area contributed by atoms with Gasteiger partial charge in [-0.3, -0.25) is 29.5 Å². The van der Waals surface area contributed by atoms with Crippen LogP contribution in [0.15, 0.2) is 95.0 Å². The van der Waals surface area contributed by atoms with Crippen LogP contribution in [0.5, 0.6) is 17.2 Å². The molecule has 2 heterocycles. The van der Waals surface area contributed by atoms with Gasteiger partial charge in [-0.2, -0.15) is 5.01 Å². The summed E-state index contributed by atoms with van der Waals surface area (Å²) >= 11 is 16.3. The van der Waals surface area contributed by atoms with E-state index in [4.69, 9.17) is 32.7 Å². The first kappa shape index (κ1) is 37.5. The molecule has 8 rings (SSSR count). The number of nitrogens with zero attached hydrogens (tertiary/aromatic N) is 2. The molecular weight excluding hydrogens is 829 g/mol. The number of carbonyl (C=O) groups is 5. The molecule has 0 aromatic heterocycles. The number of phenols is 1. The number of hydrogen-bond acceptors (Lipinski definition) is 9. The van der Waals surface area contributed by atoms with Gasteiger partial charge in [0.15, 0.2) is 11.5 Å². The molecule has 4 aromatic carbocycles. The fourth-order valence-electron chi connectivity index (χ4n) is 9.19. The number of hydrazine groups is 1. The standard InChI is InChI=1S/C41H32BrCl2N3O9/c1-55-24-9-6-20(7-10-24)41-29(37(50)47(40(41)54)45-31-13-8-22(43)17-30(31)44)18-27-25(34(41)28-15-21(42)16-32(56-2)35(28)48)11-12-26-33(27)38(51)46(36(26)49)23-5-3-4-19(14-23)39(52)53/h3-11,13-17,26-27,29,33-34,45,48H,12,18H2,1-2H3,(H,52,53). The Hall–Kier alpha value is -5.37. The van der Waals surface area contributed by atoms with Crippen molar-refractivity contribution in [1.82, 2.24) is 5.01 Å². The van der Waals surface area contributed by atoms with E-state index in [0.29, 0.717) is 26.4 Å². The van der Waals surface area contributed by atoms with Crippen molar-refractivity contribution < 1.29 is 43.7 Å². The van der Waals surface area contributed by atoms with Gasteiger partial charge < -0.3 is 19.7 Å². The van der Waals surface area contributed by atoms with E-state index in [1.807, 2.05) is 6.08 Å². The van der Waals surface area contributed by atoms with E-state index in [1.54, 1.807) is 48.5 Å². The number of aromatic hydroxyl groups is 1. The number of carbonyl (C=O) groups excluding carboxylic acids is 4. The molecule has 2 aliphatic carbocycles. The minimum Gasteiger partial charge on any atom is -0.504 e. The summed E-state index contributed by atoms with van der Waals surface area (Å²) in [7, 11) is 2.90. The molecule has 0 spiro atoms. The molecule has 286 valence electrons. The van der Waals surface area contributed by atoms with Gasteiger partial charge >= 0.3 is 5.97 Å². The maximum Gasteiger partial charge on any atom is 0.335 e. The fraction of sp³-hybridized carbons (Fsp3) is 0.244. The van der Waals surface area contributed by atoms with Crippen LogP contribution in [0.25, 0.3) is 0 Å². The SMILES string of the molecule is COc1ccc(C23C(=O)N(Nc4ccc(Cl)cc4Cl)C(=O)C2CC2C(=CCC4C(=O)N(c5cccc(C(=O)O)c5)C(=O)C42)C3c2cc(Br)cc(OC)c2O)cc1. The third-order valence-corrected chi connectivity index (χ3v) is 12.5. The summed E-state index contributed by atoms with van der Waals surface area (Å²) in [6.07, 6.45) is 1.92. The van der Waals surface area contributed by atoms with E-state index in [0.717, 1.165) is 9.91 Å². The predicted molar refractivity (Wildman–Crippen MR) is 209 cm³/mol. The summed E-state index contributed by atoms with van der Waals surface area (Å²) in [6.45, 7) is 0. The molecule has 3 fully saturated rings. The number of phenolic OH excluding ortho intramolecular Hbond substituents is 1. The first-order chi connectivity index (χ1) is 26.8. The number of benzene rings is 4. The van der Waals surface area contributed by atoms with Crippen LogP contribution in [0.3, 0.4) is 0 Å². The molecule has 2 saturated heterocycles. The van der Waals surface area contributed by atoms with Crippen molar-refractivity contribution in [3.05, 3.63) is 122 Å². The summed E-state index contributed by atoms with van der Waals surface area (Å²) in [5.41, 5.74) is 2.75. The summed E-state index contributed by atoms with van der Waals surface area (Å²) < 4.78 is 11.5. The average Bonchev–Trinajstić information content (AvgIpc) is 3.57. The number of anilines is 2. The third kappa shape index (κ3) is 5.58. The Bertz CT molecular complexity index is 2410. The van der Waals surface area contributed by atoms with Gasteiger partial charge in [-0.15, -0.1) is 0 Å². The van der Waals surface area contributed by atoms with E-state index in [9.17, 15) is 24.6 Å². The van der Waals surface area contributed by atoms with E-state index >= 15 is 9.59 Å². The largest absolute Gasteiger partial charge is 0.504 e. The van der Waals surface area contributed by atoms with Crippen molar-refractivity contribution in [3.8, 4) is 17.2 Å². The Morgan fingerprint density at radius 2 is 1.66 bits per heavy atom. The Kier molecular flexibility index (Phi) is 9.37. The molecule has 4 amide bonds. The van der Waals surface area contributed by atoms with Crippen LogP contribution in [-0.2, 0) is 24.6 Å². The number of carboxylic acids is 1. The van der Waals surface area contributed by atoms with Crippen LogP contribution in [0.1, 0.15) is 40.2 Å². The molecule has 6 unspecified atom stereocenters. The molecule has 1 saturated carbocycles. The molecule has 0 radical (unpaired) electrons. The topological polar surface area (TPSA) is 163 Å². The lowest BCUT2D eigenvalue weighted by Crippen LogP contribution is -2.53. The van der Waals surface area contributed by atoms with Crippen molar-refractivity contribution >= 4 is 80.1 Å². The Morgan fingerprint density at radius 1 is 0.911 bits per heavy atom. The second-order valence-electron chi connectivity index (χ2n) is 14.1. The normalized spacial score (nSPS) is 25.4. The van der Waals surface area contributed by atoms with Crippen LogP contribution in [0.4, 0.5) is 11.4 Å². The van der Waals surface area contributed by atoms with Crippen LogP contribution < -0.4 is 19.8 Å². The number of rotatable bonds is 8. The number of carboxylic acid groups (broad SMARTS) is 1. The summed E-state index contributed by atoms with van der Waals surface area (Å²) in [6, 6.07) is 20.2. The number of fused-ring (bicyclic) bond motifs is 4. The van der Waals surface area contributed by atoms with Crippen molar-refractivity contribution in [3.63, 3.8) is 0 Å². The van der Waals surface area contributed by atoms with Gasteiger partial charge in [-0.1, -0.05) is 69.0 Å². The number of hydrogen-bond donors (Lipinski definition) is 3. The molecule has 4 aliphatic rings. The quantitative estimate of drug-likeness (QED) is 0.121. The molecule has 0 bridgehead atoms. The number of halogens is 3. The Morgan fingerprint density at radius 3 is 2.34 bits per heavy atom. The van der Waals surface area contributed by atoms with E-state index in [1.165, 1.54) is 44.6 Å². The molecule has 56 heavy (non-hydrogen) atoms. The fourth-order valence-corrected chi connectivity index (χ4v) is 10.1. The third-order valence-electron chi connectivity index (χ3n) is 11.5. The highest BCUT2D eigenvalue weighted by molar-refractivity contribution is 9.10. The van der Waals surface area contributed by atoms with Gasteiger partial charge in [0, 0.05) is 21.0 Å².